The third-order valence-electron chi connectivity index (χ3n) is 2.52. The Hall–Kier alpha value is -1.36. The molecule has 0 aliphatic heterocycles. The summed E-state index contributed by atoms with van der Waals surface area (Å²) in [7, 11) is 1.39. The fraction of sp³-hybridized carbons (Fsp3) is 0.636. The third-order valence-corrected chi connectivity index (χ3v) is 2.52. The number of nitrogens with two attached hydrogens (primary N) is 1. The minimum atomic E-state index is -0.209. The van der Waals surface area contributed by atoms with Gasteiger partial charge in [-0.05, 0) is 19.4 Å². The van der Waals surface area contributed by atoms with Crippen molar-refractivity contribution < 1.29 is 9.53 Å². The summed E-state index contributed by atoms with van der Waals surface area (Å²) in [6.45, 7) is 2.88. The Kier molecular flexibility index (Phi) is 4.98. The van der Waals surface area contributed by atoms with Crippen LogP contribution in [-0.4, -0.2) is 28.9 Å². The van der Waals surface area contributed by atoms with Crippen molar-refractivity contribution in [3.8, 4) is 0 Å². The molecule has 0 bridgehead atoms. The maximum atomic E-state index is 10.9. The molecular formula is C11H19N3O2. The normalized spacial score (nSPS) is 12.4. The van der Waals surface area contributed by atoms with Crippen molar-refractivity contribution in [3.05, 3.63) is 18.0 Å². The third kappa shape index (κ3) is 3.66. The van der Waals surface area contributed by atoms with Crippen molar-refractivity contribution in [2.45, 2.75) is 38.8 Å². The van der Waals surface area contributed by atoms with Crippen molar-refractivity contribution in [3.63, 3.8) is 0 Å². The Morgan fingerprint density at radius 2 is 2.44 bits per heavy atom. The lowest BCUT2D eigenvalue weighted by Crippen LogP contribution is -2.25. The van der Waals surface area contributed by atoms with E-state index in [2.05, 4.69) is 9.84 Å². The summed E-state index contributed by atoms with van der Waals surface area (Å²) < 4.78 is 6.48. The Labute approximate surface area is 95.6 Å². The smallest absolute Gasteiger partial charge is 0.305 e. The van der Waals surface area contributed by atoms with Gasteiger partial charge in [0, 0.05) is 37.3 Å². The van der Waals surface area contributed by atoms with Gasteiger partial charge in [-0.1, -0.05) is 0 Å². The van der Waals surface area contributed by atoms with Gasteiger partial charge in [0.1, 0.15) is 0 Å². The van der Waals surface area contributed by atoms with E-state index in [4.69, 9.17) is 5.73 Å². The predicted octanol–water partition coefficient (Wildman–Crippen LogP) is 0.726. The summed E-state index contributed by atoms with van der Waals surface area (Å²) in [5.41, 5.74) is 7.05. The van der Waals surface area contributed by atoms with Crippen LogP contribution >= 0.6 is 0 Å². The molecule has 1 rings (SSSR count). The zero-order chi connectivity index (χ0) is 12.0. The van der Waals surface area contributed by atoms with Crippen LogP contribution < -0.4 is 5.73 Å². The molecule has 1 heterocycles. The van der Waals surface area contributed by atoms with E-state index in [9.17, 15) is 4.79 Å². The number of carbonyl (C=O) groups excluding carboxylic acids is 1. The molecule has 0 fully saturated rings. The number of rotatable bonds is 6. The highest BCUT2D eigenvalue weighted by Crippen LogP contribution is 2.06. The second kappa shape index (κ2) is 6.27. The molecule has 1 aromatic rings. The van der Waals surface area contributed by atoms with E-state index in [0.29, 0.717) is 12.8 Å². The van der Waals surface area contributed by atoms with Gasteiger partial charge in [-0.15, -0.1) is 0 Å². The van der Waals surface area contributed by atoms with E-state index in [1.807, 2.05) is 17.7 Å². The van der Waals surface area contributed by atoms with Crippen LogP contribution in [0.25, 0.3) is 0 Å². The van der Waals surface area contributed by atoms with Gasteiger partial charge < -0.3 is 10.5 Å². The first-order valence-electron chi connectivity index (χ1n) is 5.50. The van der Waals surface area contributed by atoms with Crippen LogP contribution in [-0.2, 0) is 22.5 Å². The molecule has 1 atom stereocenters. The van der Waals surface area contributed by atoms with Crippen LogP contribution in [0, 0.1) is 0 Å². The van der Waals surface area contributed by atoms with Gasteiger partial charge >= 0.3 is 5.97 Å². The lowest BCUT2D eigenvalue weighted by Gasteiger charge is -2.11. The molecule has 0 amide bonds. The number of ether oxygens (including phenoxy) is 1. The van der Waals surface area contributed by atoms with Crippen LogP contribution in [0.5, 0.6) is 0 Å². The van der Waals surface area contributed by atoms with Crippen molar-refractivity contribution in [1.82, 2.24) is 9.78 Å². The maximum absolute atomic E-state index is 10.9. The SMILES string of the molecule is CCn1nccc1CC(N)CCC(=O)OC. The number of carbonyl (C=O) groups is 1. The number of esters is 1. The molecule has 1 aromatic heterocycles. The van der Waals surface area contributed by atoms with E-state index < -0.39 is 0 Å². The molecule has 0 saturated heterocycles. The molecule has 0 aliphatic rings. The highest BCUT2D eigenvalue weighted by Gasteiger charge is 2.10. The number of aryl methyl sites for hydroxylation is 1. The average Bonchev–Trinajstić information content (AvgIpc) is 2.73. The maximum Gasteiger partial charge on any atom is 0.305 e. The fourth-order valence-corrected chi connectivity index (χ4v) is 1.59. The first-order valence-corrected chi connectivity index (χ1v) is 5.50. The summed E-state index contributed by atoms with van der Waals surface area (Å²) in [4.78, 5) is 10.9. The first-order chi connectivity index (χ1) is 7.67. The van der Waals surface area contributed by atoms with E-state index in [0.717, 1.165) is 18.7 Å². The van der Waals surface area contributed by atoms with Gasteiger partial charge in [0.25, 0.3) is 0 Å². The summed E-state index contributed by atoms with van der Waals surface area (Å²) >= 11 is 0. The highest BCUT2D eigenvalue weighted by molar-refractivity contribution is 5.69. The molecule has 0 radical (unpaired) electrons. The summed E-state index contributed by atoms with van der Waals surface area (Å²) in [5.74, 6) is -0.209. The lowest BCUT2D eigenvalue weighted by molar-refractivity contribution is -0.140. The molecule has 1 unspecified atom stereocenters. The molecule has 0 saturated carbocycles. The van der Waals surface area contributed by atoms with Crippen LogP contribution in [0.15, 0.2) is 12.3 Å². The second-order valence-electron chi connectivity index (χ2n) is 3.72. The Balaban J connectivity index is 2.39. The highest BCUT2D eigenvalue weighted by atomic mass is 16.5. The number of aromatic nitrogens is 2. The van der Waals surface area contributed by atoms with E-state index in [-0.39, 0.29) is 12.0 Å². The fourth-order valence-electron chi connectivity index (χ4n) is 1.59. The zero-order valence-corrected chi connectivity index (χ0v) is 9.85. The topological polar surface area (TPSA) is 70.1 Å². The Morgan fingerprint density at radius 3 is 3.06 bits per heavy atom. The lowest BCUT2D eigenvalue weighted by atomic mass is 10.1. The number of hydrogen-bond donors (Lipinski definition) is 1. The van der Waals surface area contributed by atoms with Crippen molar-refractivity contribution in [2.24, 2.45) is 5.73 Å². The second-order valence-corrected chi connectivity index (χ2v) is 3.72. The quantitative estimate of drug-likeness (QED) is 0.724. The molecule has 0 aliphatic carbocycles. The van der Waals surface area contributed by atoms with E-state index in [1.54, 1.807) is 6.20 Å². The largest absolute Gasteiger partial charge is 0.469 e. The summed E-state index contributed by atoms with van der Waals surface area (Å²) in [6.07, 6.45) is 3.52. The van der Waals surface area contributed by atoms with Gasteiger partial charge in [-0.25, -0.2) is 0 Å². The van der Waals surface area contributed by atoms with Gasteiger partial charge in [-0.3, -0.25) is 9.48 Å². The van der Waals surface area contributed by atoms with E-state index >= 15 is 0 Å². The minimum Gasteiger partial charge on any atom is -0.469 e. The van der Waals surface area contributed by atoms with Crippen molar-refractivity contribution in [2.75, 3.05) is 7.11 Å². The number of hydrogen-bond acceptors (Lipinski definition) is 4. The predicted molar refractivity (Wildman–Crippen MR) is 60.8 cm³/mol. The van der Waals surface area contributed by atoms with Crippen LogP contribution in [0.4, 0.5) is 0 Å². The van der Waals surface area contributed by atoms with Gasteiger partial charge in [-0.2, -0.15) is 5.10 Å². The van der Waals surface area contributed by atoms with Gasteiger partial charge in [0.05, 0.1) is 7.11 Å². The van der Waals surface area contributed by atoms with E-state index in [1.165, 1.54) is 7.11 Å². The molecule has 90 valence electrons. The molecule has 0 aromatic carbocycles. The molecule has 5 nitrogen and oxygen atoms in total. The Bertz CT molecular complexity index is 336. The van der Waals surface area contributed by atoms with Gasteiger partial charge in [0.2, 0.25) is 0 Å². The number of nitrogens with zero attached hydrogens (tertiary/aromatic N) is 2. The molecule has 16 heavy (non-hydrogen) atoms. The zero-order valence-electron chi connectivity index (χ0n) is 9.85. The summed E-state index contributed by atoms with van der Waals surface area (Å²) in [5, 5.41) is 4.17. The molecule has 0 spiro atoms. The van der Waals surface area contributed by atoms with Crippen molar-refractivity contribution in [1.29, 1.82) is 0 Å². The van der Waals surface area contributed by atoms with Crippen molar-refractivity contribution >= 4 is 5.97 Å². The molecule has 5 heteroatoms. The minimum absolute atomic E-state index is 0.0268. The van der Waals surface area contributed by atoms with Crippen LogP contribution in [0.3, 0.4) is 0 Å². The Morgan fingerprint density at radius 1 is 1.69 bits per heavy atom. The monoisotopic (exact) mass is 225 g/mol. The van der Waals surface area contributed by atoms with Crippen LogP contribution in [0.1, 0.15) is 25.5 Å². The van der Waals surface area contributed by atoms with Gasteiger partial charge in [0.15, 0.2) is 0 Å². The molecule has 2 N–H and O–H groups in total. The molecular weight excluding hydrogens is 206 g/mol. The van der Waals surface area contributed by atoms with Crippen LogP contribution in [0.2, 0.25) is 0 Å². The standard InChI is InChI=1S/C11H19N3O2/c1-3-14-10(6-7-13-14)8-9(12)4-5-11(15)16-2/h6-7,9H,3-5,8,12H2,1-2H3. The first kappa shape index (κ1) is 12.7. The average molecular weight is 225 g/mol. The number of methoxy groups -OCH3 is 1. The summed E-state index contributed by atoms with van der Waals surface area (Å²) in [6, 6.07) is 1.93.